The Morgan fingerprint density at radius 3 is 1.43 bits per heavy atom. The van der Waals surface area contributed by atoms with Crippen LogP contribution in [0.1, 0.15) is 13.8 Å². The van der Waals surface area contributed by atoms with Gasteiger partial charge in [0.05, 0.1) is 26.1 Å². The summed E-state index contributed by atoms with van der Waals surface area (Å²) in [5.41, 5.74) is 0. The van der Waals surface area contributed by atoms with E-state index in [0.29, 0.717) is 0 Å². The van der Waals surface area contributed by atoms with Crippen LogP contribution in [0.5, 0.6) is 0 Å². The fraction of sp³-hybridized carbons (Fsp3) is 0.600. The molecule has 0 radical (unpaired) electrons. The van der Waals surface area contributed by atoms with Gasteiger partial charge in [-0.3, -0.25) is 9.59 Å². The molecule has 4 nitrogen and oxygen atoms in total. The lowest BCUT2D eigenvalue weighted by molar-refractivity contribution is -0.144. The van der Waals surface area contributed by atoms with Gasteiger partial charge in [-0.2, -0.15) is 0 Å². The van der Waals surface area contributed by atoms with Crippen LogP contribution in [-0.2, 0) is 19.1 Å². The van der Waals surface area contributed by atoms with Gasteiger partial charge in [0.2, 0.25) is 0 Å². The van der Waals surface area contributed by atoms with E-state index in [1.54, 1.807) is 26.0 Å². The topological polar surface area (TPSA) is 52.6 Å². The van der Waals surface area contributed by atoms with E-state index in [-0.39, 0.29) is 23.8 Å². The summed E-state index contributed by atoms with van der Waals surface area (Å²) in [4.78, 5) is 21.9. The fourth-order valence-corrected chi connectivity index (χ4v) is 0.862. The van der Waals surface area contributed by atoms with Crippen LogP contribution in [0.3, 0.4) is 0 Å². The maximum atomic E-state index is 11.0. The van der Waals surface area contributed by atoms with E-state index in [1.807, 2.05) is 0 Å². The molecular weight excluding hydrogens is 184 g/mol. The molecule has 0 rings (SSSR count). The van der Waals surface area contributed by atoms with Crippen LogP contribution >= 0.6 is 0 Å². The Kier molecular flexibility index (Phi) is 5.60. The van der Waals surface area contributed by atoms with Crippen LogP contribution in [0, 0.1) is 11.8 Å². The Hall–Kier alpha value is -1.32. The Bertz CT molecular complexity index is 208. The van der Waals surface area contributed by atoms with Gasteiger partial charge in [-0.25, -0.2) is 0 Å². The monoisotopic (exact) mass is 200 g/mol. The van der Waals surface area contributed by atoms with E-state index in [1.165, 1.54) is 14.2 Å². The molecule has 0 saturated carbocycles. The third-order valence-corrected chi connectivity index (χ3v) is 1.83. The van der Waals surface area contributed by atoms with Gasteiger partial charge in [-0.05, 0) is 13.8 Å². The average molecular weight is 200 g/mol. The SMILES string of the molecule is COC(=O)C(C)C=CC(C)C(=O)OC. The Labute approximate surface area is 83.9 Å². The van der Waals surface area contributed by atoms with Crippen molar-refractivity contribution in [3.63, 3.8) is 0 Å². The van der Waals surface area contributed by atoms with Crippen molar-refractivity contribution in [3.8, 4) is 0 Å². The van der Waals surface area contributed by atoms with Crippen LogP contribution in [0.2, 0.25) is 0 Å². The predicted molar refractivity (Wildman–Crippen MR) is 51.5 cm³/mol. The average Bonchev–Trinajstić information content (AvgIpc) is 2.22. The molecule has 0 heterocycles. The van der Waals surface area contributed by atoms with Crippen LogP contribution in [-0.4, -0.2) is 26.2 Å². The van der Waals surface area contributed by atoms with E-state index in [0.717, 1.165) is 0 Å². The first-order valence-corrected chi connectivity index (χ1v) is 4.37. The minimum Gasteiger partial charge on any atom is -0.469 e. The van der Waals surface area contributed by atoms with E-state index in [4.69, 9.17) is 0 Å². The number of carbonyl (C=O) groups excluding carboxylic acids is 2. The number of hydrogen-bond acceptors (Lipinski definition) is 4. The van der Waals surface area contributed by atoms with Crippen molar-refractivity contribution in [1.82, 2.24) is 0 Å². The van der Waals surface area contributed by atoms with Crippen molar-refractivity contribution < 1.29 is 19.1 Å². The maximum absolute atomic E-state index is 11.0. The second-order valence-corrected chi connectivity index (χ2v) is 3.01. The lowest BCUT2D eigenvalue weighted by Gasteiger charge is -2.05. The first-order chi connectivity index (χ1) is 6.52. The molecule has 0 bridgehead atoms. The van der Waals surface area contributed by atoms with Crippen molar-refractivity contribution in [2.75, 3.05) is 14.2 Å². The molecule has 0 N–H and O–H groups in total. The molecule has 0 aliphatic rings. The zero-order valence-electron chi connectivity index (χ0n) is 8.94. The highest BCUT2D eigenvalue weighted by Crippen LogP contribution is 2.05. The van der Waals surface area contributed by atoms with Crippen molar-refractivity contribution in [3.05, 3.63) is 12.2 Å². The lowest BCUT2D eigenvalue weighted by atomic mass is 10.1. The largest absolute Gasteiger partial charge is 0.469 e. The summed E-state index contributed by atoms with van der Waals surface area (Å²) in [6.45, 7) is 3.40. The van der Waals surface area contributed by atoms with Crippen molar-refractivity contribution in [1.29, 1.82) is 0 Å². The zero-order valence-corrected chi connectivity index (χ0v) is 8.94. The summed E-state index contributed by atoms with van der Waals surface area (Å²) in [6.07, 6.45) is 3.26. The summed E-state index contributed by atoms with van der Waals surface area (Å²) in [5, 5.41) is 0. The second kappa shape index (κ2) is 6.18. The van der Waals surface area contributed by atoms with Crippen LogP contribution in [0.15, 0.2) is 12.2 Å². The summed E-state index contributed by atoms with van der Waals surface area (Å²) in [7, 11) is 2.66. The normalized spacial score (nSPS) is 14.9. The van der Waals surface area contributed by atoms with E-state index in [9.17, 15) is 9.59 Å². The van der Waals surface area contributed by atoms with Gasteiger partial charge in [-0.15, -0.1) is 0 Å². The fourth-order valence-electron chi connectivity index (χ4n) is 0.862. The molecule has 0 aromatic heterocycles. The molecule has 0 saturated heterocycles. The molecule has 2 unspecified atom stereocenters. The number of hydrogen-bond donors (Lipinski definition) is 0. The molecule has 0 fully saturated rings. The number of esters is 2. The molecule has 14 heavy (non-hydrogen) atoms. The van der Waals surface area contributed by atoms with Crippen LogP contribution in [0.25, 0.3) is 0 Å². The molecule has 0 amide bonds. The smallest absolute Gasteiger partial charge is 0.312 e. The Morgan fingerprint density at radius 2 is 1.21 bits per heavy atom. The summed E-state index contributed by atoms with van der Waals surface area (Å²) in [6, 6.07) is 0. The highest BCUT2D eigenvalue weighted by molar-refractivity contribution is 5.75. The summed E-state index contributed by atoms with van der Waals surface area (Å²) in [5.74, 6) is -1.32. The van der Waals surface area contributed by atoms with Crippen LogP contribution in [0.4, 0.5) is 0 Å². The molecular formula is C10H16O4. The van der Waals surface area contributed by atoms with E-state index < -0.39 is 0 Å². The van der Waals surface area contributed by atoms with Crippen LogP contribution < -0.4 is 0 Å². The Morgan fingerprint density at radius 1 is 0.929 bits per heavy atom. The van der Waals surface area contributed by atoms with Gasteiger partial charge in [0.25, 0.3) is 0 Å². The molecule has 4 heteroatoms. The highest BCUT2D eigenvalue weighted by Gasteiger charge is 2.12. The standard InChI is InChI=1S/C10H16O4/c1-7(9(11)13-3)5-6-8(2)10(12)14-4/h5-8H,1-4H3. The van der Waals surface area contributed by atoms with Gasteiger partial charge in [0, 0.05) is 0 Å². The molecule has 0 aliphatic heterocycles. The predicted octanol–water partition coefficient (Wildman–Crippen LogP) is 1.16. The van der Waals surface area contributed by atoms with Gasteiger partial charge in [0.15, 0.2) is 0 Å². The minimum absolute atomic E-state index is 0.321. The maximum Gasteiger partial charge on any atom is 0.312 e. The number of methoxy groups -OCH3 is 2. The zero-order chi connectivity index (χ0) is 11.1. The number of ether oxygens (including phenoxy) is 2. The van der Waals surface area contributed by atoms with Crippen molar-refractivity contribution in [2.24, 2.45) is 11.8 Å². The quantitative estimate of drug-likeness (QED) is 0.504. The summed E-state index contributed by atoms with van der Waals surface area (Å²) >= 11 is 0. The first-order valence-electron chi connectivity index (χ1n) is 4.37. The first kappa shape index (κ1) is 12.7. The van der Waals surface area contributed by atoms with E-state index >= 15 is 0 Å². The third-order valence-electron chi connectivity index (χ3n) is 1.83. The molecule has 0 aliphatic carbocycles. The molecule has 80 valence electrons. The molecule has 0 aromatic rings. The Balaban J connectivity index is 4.16. The lowest BCUT2D eigenvalue weighted by Crippen LogP contribution is -2.13. The third kappa shape index (κ3) is 4.07. The van der Waals surface area contributed by atoms with Crippen molar-refractivity contribution in [2.45, 2.75) is 13.8 Å². The van der Waals surface area contributed by atoms with E-state index in [2.05, 4.69) is 9.47 Å². The van der Waals surface area contributed by atoms with Gasteiger partial charge in [-0.1, -0.05) is 12.2 Å². The summed E-state index contributed by atoms with van der Waals surface area (Å²) < 4.78 is 9.05. The number of carbonyl (C=O) groups is 2. The molecule has 2 atom stereocenters. The minimum atomic E-state index is -0.341. The molecule has 0 aromatic carbocycles. The van der Waals surface area contributed by atoms with Gasteiger partial charge >= 0.3 is 11.9 Å². The second-order valence-electron chi connectivity index (χ2n) is 3.01. The van der Waals surface area contributed by atoms with Crippen molar-refractivity contribution >= 4 is 11.9 Å². The van der Waals surface area contributed by atoms with Gasteiger partial charge in [0.1, 0.15) is 0 Å². The molecule has 0 spiro atoms. The highest BCUT2D eigenvalue weighted by atomic mass is 16.5. The van der Waals surface area contributed by atoms with Gasteiger partial charge < -0.3 is 9.47 Å². The number of rotatable bonds is 4.